The molecule has 0 aromatic heterocycles. The number of nitrogens with one attached hydrogen (secondary N) is 1. The maximum Gasteiger partial charge on any atom is 0.220 e. The Labute approximate surface area is 161 Å². The summed E-state index contributed by atoms with van der Waals surface area (Å²) in [5.41, 5.74) is 0.961. The quantitative estimate of drug-likeness (QED) is 0.681. The second-order valence-corrected chi connectivity index (χ2v) is 6.93. The molecule has 0 aliphatic carbocycles. The fourth-order valence-corrected chi connectivity index (χ4v) is 3.41. The van der Waals surface area contributed by atoms with Crippen LogP contribution < -0.4 is 19.5 Å². The zero-order chi connectivity index (χ0) is 18.4. The predicted molar refractivity (Wildman–Crippen MR) is 103 cm³/mol. The normalized spacial score (nSPS) is 13.8. The third kappa shape index (κ3) is 4.91. The molecule has 26 heavy (non-hydrogen) atoms. The van der Waals surface area contributed by atoms with Gasteiger partial charge in [-0.15, -0.1) is 0 Å². The van der Waals surface area contributed by atoms with Gasteiger partial charge in [-0.25, -0.2) is 0 Å². The number of ether oxygens (including phenoxy) is 3. The van der Waals surface area contributed by atoms with Gasteiger partial charge in [-0.05, 0) is 43.2 Å². The lowest BCUT2D eigenvalue weighted by atomic mass is 10.1. The Morgan fingerprint density at radius 3 is 2.62 bits per heavy atom. The number of para-hydroxylation sites is 1. The topological polar surface area (TPSA) is 56.8 Å². The monoisotopic (exact) mass is 419 g/mol. The number of hydrogen-bond donors (Lipinski definition) is 1. The van der Waals surface area contributed by atoms with Crippen molar-refractivity contribution in [1.82, 2.24) is 5.32 Å². The summed E-state index contributed by atoms with van der Waals surface area (Å²) in [6, 6.07) is 13.3. The van der Waals surface area contributed by atoms with Crippen molar-refractivity contribution in [2.45, 2.75) is 25.8 Å². The Hall–Kier alpha value is -2.21. The van der Waals surface area contributed by atoms with Gasteiger partial charge in [0.2, 0.25) is 5.91 Å². The minimum atomic E-state index is -0.136. The molecule has 1 N–H and O–H groups in total. The van der Waals surface area contributed by atoms with E-state index in [2.05, 4.69) is 21.2 Å². The molecule has 1 atom stereocenters. The van der Waals surface area contributed by atoms with Gasteiger partial charge >= 0.3 is 0 Å². The minimum absolute atomic E-state index is 0.00375. The van der Waals surface area contributed by atoms with E-state index in [9.17, 15) is 4.79 Å². The zero-order valence-electron chi connectivity index (χ0n) is 14.7. The van der Waals surface area contributed by atoms with Crippen molar-refractivity contribution in [3.63, 3.8) is 0 Å². The number of benzene rings is 2. The number of halogens is 1. The maximum atomic E-state index is 12.2. The van der Waals surface area contributed by atoms with Gasteiger partial charge < -0.3 is 19.5 Å². The predicted octanol–water partition coefficient (Wildman–Crippen LogP) is 4.26. The number of rotatable bonds is 7. The molecule has 1 aliphatic heterocycles. The first-order chi connectivity index (χ1) is 12.6. The Kier molecular flexibility index (Phi) is 6.39. The van der Waals surface area contributed by atoms with Crippen LogP contribution in [0.4, 0.5) is 0 Å². The molecular weight excluding hydrogens is 398 g/mol. The third-order valence-electron chi connectivity index (χ3n) is 4.07. The number of carbonyl (C=O) groups is 1. The van der Waals surface area contributed by atoms with Crippen LogP contribution in [0.3, 0.4) is 0 Å². The summed E-state index contributed by atoms with van der Waals surface area (Å²) in [5, 5.41) is 3.02. The highest BCUT2D eigenvalue weighted by atomic mass is 79.9. The molecule has 0 fully saturated rings. The molecule has 2 aromatic carbocycles. The van der Waals surface area contributed by atoms with Crippen molar-refractivity contribution >= 4 is 21.8 Å². The molecule has 1 aliphatic rings. The van der Waals surface area contributed by atoms with Crippen LogP contribution in [0.25, 0.3) is 0 Å². The van der Waals surface area contributed by atoms with E-state index in [0.29, 0.717) is 38.4 Å². The highest BCUT2D eigenvalue weighted by Gasteiger charge is 2.19. The van der Waals surface area contributed by atoms with E-state index < -0.39 is 0 Å². The van der Waals surface area contributed by atoms with E-state index in [1.807, 2.05) is 49.4 Å². The smallest absolute Gasteiger partial charge is 0.220 e. The van der Waals surface area contributed by atoms with E-state index in [4.69, 9.17) is 14.2 Å². The molecule has 0 saturated heterocycles. The minimum Gasteiger partial charge on any atom is -0.494 e. The molecule has 0 radical (unpaired) electrons. The first kappa shape index (κ1) is 18.6. The summed E-state index contributed by atoms with van der Waals surface area (Å²) in [4.78, 5) is 12.2. The van der Waals surface area contributed by atoms with Gasteiger partial charge in [0.15, 0.2) is 11.5 Å². The molecule has 3 rings (SSSR count). The molecule has 1 heterocycles. The molecule has 0 saturated carbocycles. The summed E-state index contributed by atoms with van der Waals surface area (Å²) < 4.78 is 17.7. The molecule has 6 heteroatoms. The summed E-state index contributed by atoms with van der Waals surface area (Å²) in [5.74, 6) is 2.26. The van der Waals surface area contributed by atoms with Gasteiger partial charge in [0.1, 0.15) is 19.0 Å². The summed E-state index contributed by atoms with van der Waals surface area (Å²) in [6.45, 7) is 3.56. The number of fused-ring (bicyclic) bond motifs is 1. The fraction of sp³-hybridized carbons (Fsp3) is 0.350. The maximum absolute atomic E-state index is 12.2. The number of amides is 1. The number of carbonyl (C=O) groups excluding carboxylic acids is 1. The number of hydrogen-bond acceptors (Lipinski definition) is 4. The van der Waals surface area contributed by atoms with Crippen molar-refractivity contribution in [3.8, 4) is 17.2 Å². The summed E-state index contributed by atoms with van der Waals surface area (Å²) >= 11 is 3.55. The third-order valence-corrected chi connectivity index (χ3v) is 4.75. The van der Waals surface area contributed by atoms with Gasteiger partial charge in [-0.2, -0.15) is 0 Å². The van der Waals surface area contributed by atoms with Crippen LogP contribution >= 0.6 is 15.9 Å². The Morgan fingerprint density at radius 1 is 1.19 bits per heavy atom. The first-order valence-electron chi connectivity index (χ1n) is 8.70. The second-order valence-electron chi connectivity index (χ2n) is 6.07. The summed E-state index contributed by atoms with van der Waals surface area (Å²) in [6.07, 6.45) is 1.08. The molecule has 1 amide bonds. The Morgan fingerprint density at radius 2 is 1.88 bits per heavy atom. The molecule has 1 unspecified atom stereocenters. The van der Waals surface area contributed by atoms with Crippen LogP contribution in [-0.4, -0.2) is 25.7 Å². The van der Waals surface area contributed by atoms with E-state index in [1.165, 1.54) is 0 Å². The van der Waals surface area contributed by atoms with E-state index in [0.717, 1.165) is 21.5 Å². The standard InChI is InChI=1S/C20H22BrNO4/c1-14(16-12-18-19(13-17(16)21)26-11-10-25-18)22-20(23)8-5-9-24-15-6-3-2-4-7-15/h2-4,6-7,12-14H,5,8-11H2,1H3,(H,22,23). The zero-order valence-corrected chi connectivity index (χ0v) is 16.3. The second kappa shape index (κ2) is 8.94. The van der Waals surface area contributed by atoms with Gasteiger partial charge in [0, 0.05) is 10.9 Å². The van der Waals surface area contributed by atoms with Crippen LogP contribution in [0.2, 0.25) is 0 Å². The average Bonchev–Trinajstić information content (AvgIpc) is 2.65. The van der Waals surface area contributed by atoms with Gasteiger partial charge in [0.25, 0.3) is 0 Å². The highest BCUT2D eigenvalue weighted by molar-refractivity contribution is 9.10. The lowest BCUT2D eigenvalue weighted by molar-refractivity contribution is -0.121. The van der Waals surface area contributed by atoms with Crippen molar-refractivity contribution in [3.05, 3.63) is 52.5 Å². The van der Waals surface area contributed by atoms with Gasteiger partial charge in [0.05, 0.1) is 12.6 Å². The van der Waals surface area contributed by atoms with E-state index in [-0.39, 0.29) is 11.9 Å². The lowest BCUT2D eigenvalue weighted by Crippen LogP contribution is -2.27. The largest absolute Gasteiger partial charge is 0.494 e. The average molecular weight is 420 g/mol. The van der Waals surface area contributed by atoms with Crippen molar-refractivity contribution in [2.24, 2.45) is 0 Å². The molecule has 5 nitrogen and oxygen atoms in total. The van der Waals surface area contributed by atoms with Gasteiger partial charge in [-0.1, -0.05) is 34.1 Å². The van der Waals surface area contributed by atoms with E-state index in [1.54, 1.807) is 0 Å². The van der Waals surface area contributed by atoms with Crippen molar-refractivity contribution in [1.29, 1.82) is 0 Å². The van der Waals surface area contributed by atoms with E-state index >= 15 is 0 Å². The molecule has 2 aromatic rings. The molecule has 138 valence electrons. The van der Waals surface area contributed by atoms with Crippen LogP contribution in [0.1, 0.15) is 31.4 Å². The molecule has 0 bridgehead atoms. The van der Waals surface area contributed by atoms with Crippen LogP contribution in [-0.2, 0) is 4.79 Å². The van der Waals surface area contributed by atoms with Crippen LogP contribution in [0, 0.1) is 0 Å². The van der Waals surface area contributed by atoms with Gasteiger partial charge in [-0.3, -0.25) is 4.79 Å². The Bertz CT molecular complexity index is 751. The van der Waals surface area contributed by atoms with Crippen molar-refractivity contribution in [2.75, 3.05) is 19.8 Å². The van der Waals surface area contributed by atoms with Crippen LogP contribution in [0.5, 0.6) is 17.2 Å². The fourth-order valence-electron chi connectivity index (χ4n) is 2.74. The lowest BCUT2D eigenvalue weighted by Gasteiger charge is -2.22. The SMILES string of the molecule is CC(NC(=O)CCCOc1ccccc1)c1cc2c(cc1Br)OCCO2. The van der Waals surface area contributed by atoms with Crippen molar-refractivity contribution < 1.29 is 19.0 Å². The molecular formula is C20H22BrNO4. The first-order valence-corrected chi connectivity index (χ1v) is 9.49. The Balaban J connectivity index is 1.48. The van der Waals surface area contributed by atoms with Crippen LogP contribution in [0.15, 0.2) is 46.9 Å². The molecule has 0 spiro atoms. The highest BCUT2D eigenvalue weighted by Crippen LogP contribution is 2.37. The summed E-state index contributed by atoms with van der Waals surface area (Å²) in [7, 11) is 0.